The Kier molecular flexibility index (Phi) is 40.1. The number of nitrogens with zero attached hydrogens (tertiary/aromatic N) is 5. The van der Waals surface area contributed by atoms with Gasteiger partial charge in [0.1, 0.15) is 118 Å². The van der Waals surface area contributed by atoms with Gasteiger partial charge in [-0.25, -0.2) is 29.7 Å². The number of nitrogens with two attached hydrogens (primary N) is 6. The molecule has 0 bridgehead atoms. The molecule has 25 unspecified atom stereocenters. The molecule has 44 nitrogen and oxygen atoms in total. The van der Waals surface area contributed by atoms with Crippen LogP contribution in [0.15, 0.2) is 23.3 Å². The number of imidazole rings is 1. The molecule has 3 saturated heterocycles. The Balaban J connectivity index is 0.00000798. The van der Waals surface area contributed by atoms with E-state index in [9.17, 15) is 89.7 Å². The number of nitrogens with one attached hydrogen (secondary N) is 7. The van der Waals surface area contributed by atoms with Gasteiger partial charge in [0.15, 0.2) is 37.3 Å². The fraction of sp³-hybridized carbons (Fsp3) is 0.650. The number of thiazole rings is 2. The Hall–Kier alpha value is -6.38. The molecule has 0 spiro atoms. The molecule has 0 aliphatic carbocycles. The van der Waals surface area contributed by atoms with Crippen LogP contribution >= 0.6 is 59.9 Å². The van der Waals surface area contributed by atoms with Crippen molar-refractivity contribution in [3.05, 3.63) is 56.8 Å². The van der Waals surface area contributed by atoms with Gasteiger partial charge in [-0.15, -0.1) is 59.9 Å². The molecule has 3 aliphatic heterocycles. The van der Waals surface area contributed by atoms with Crippen LogP contribution in [0, 0.1) is 6.92 Å². The van der Waals surface area contributed by atoms with Crippen molar-refractivity contribution in [3.8, 4) is 10.7 Å². The van der Waals surface area contributed by atoms with E-state index in [0.29, 0.717) is 6.54 Å². The van der Waals surface area contributed by atoms with Crippen LogP contribution in [0.1, 0.15) is 101 Å². The van der Waals surface area contributed by atoms with Gasteiger partial charge in [-0.2, -0.15) is 0 Å². The number of aromatic amines is 1. The van der Waals surface area contributed by atoms with E-state index in [1.165, 1.54) is 24.6 Å². The van der Waals surface area contributed by atoms with Gasteiger partial charge in [0, 0.05) is 42.3 Å². The van der Waals surface area contributed by atoms with Gasteiger partial charge in [-0.1, -0.05) is 0 Å². The zero-order valence-corrected chi connectivity index (χ0v) is 65.6. The quantitative estimate of drug-likeness (QED) is 0.0113. The number of aliphatic hydroxyl groups excluding tert-OH is 11. The molecule has 111 heavy (non-hydrogen) atoms. The number of aliphatic hydroxyl groups is 11. The highest BCUT2D eigenvalue weighted by Crippen LogP contribution is 2.36. The summed E-state index contributed by atoms with van der Waals surface area (Å²) in [5, 5.41) is 140. The van der Waals surface area contributed by atoms with Gasteiger partial charge in [0.2, 0.25) is 29.5 Å². The zero-order chi connectivity index (χ0) is 79.2. The predicted molar refractivity (Wildman–Crippen MR) is 392 cm³/mol. The molecule has 25 atom stereocenters. The monoisotopic (exact) mass is 1720 g/mol. The Morgan fingerprint density at radius 2 is 1.39 bits per heavy atom. The Labute approximate surface area is 668 Å². The number of hydrogen-bond donors (Lipinski definition) is 24. The largest absolute Gasteiger partial charge is 1.00 e. The number of carbonyl (C=O) groups is 8. The maximum atomic E-state index is 15.3. The van der Waals surface area contributed by atoms with Crippen LogP contribution in [0.4, 0.5) is 10.6 Å². The molecule has 51 heteroatoms. The summed E-state index contributed by atoms with van der Waals surface area (Å²) < 4.78 is 40.4. The molecule has 628 valence electrons. The normalized spacial score (nSPS) is 26.4. The van der Waals surface area contributed by atoms with Crippen LogP contribution in [0.3, 0.4) is 0 Å². The van der Waals surface area contributed by atoms with E-state index in [-0.39, 0.29) is 93.2 Å². The van der Waals surface area contributed by atoms with Crippen LogP contribution in [-0.4, -0.2) is 313 Å². The molecule has 4 aromatic heterocycles. The summed E-state index contributed by atoms with van der Waals surface area (Å²) in [7, 11) is 0.176. The van der Waals surface area contributed by atoms with E-state index < -0.39 is 250 Å². The Morgan fingerprint density at radius 3 is 1.99 bits per heavy atom. The van der Waals surface area contributed by atoms with Gasteiger partial charge in [-0.05, 0) is 38.6 Å². The first-order valence-corrected chi connectivity index (χ1v) is 37.0. The molecule has 7 heterocycles. The van der Waals surface area contributed by atoms with E-state index in [0.717, 1.165) is 61.2 Å². The third-order valence-corrected chi connectivity index (χ3v) is 20.1. The number of ether oxygens (including phenoxy) is 7. The third-order valence-electron chi connectivity index (χ3n) is 17.2. The van der Waals surface area contributed by atoms with Gasteiger partial charge in [0.25, 0.3) is 11.8 Å². The predicted octanol–water partition coefficient (Wildman–Crippen LogP) is -12.1. The minimum atomic E-state index is -2.26. The van der Waals surface area contributed by atoms with E-state index in [2.05, 4.69) is 74.3 Å². The molecule has 30 N–H and O–H groups in total. The summed E-state index contributed by atoms with van der Waals surface area (Å²) in [4.78, 5) is 132. The van der Waals surface area contributed by atoms with Crippen molar-refractivity contribution in [1.29, 1.82) is 0 Å². The zero-order valence-electron chi connectivity index (χ0n) is 60.0. The van der Waals surface area contributed by atoms with Crippen molar-refractivity contribution in [1.82, 2.24) is 61.8 Å². The van der Waals surface area contributed by atoms with Gasteiger partial charge in [-0.3, -0.25) is 33.6 Å². The third kappa shape index (κ3) is 26.1. The topological polar surface area (TPSA) is 732 Å². The summed E-state index contributed by atoms with van der Waals surface area (Å²) in [6, 6.07) is -9.64. The molecule has 3 aliphatic rings. The Morgan fingerprint density at radius 1 is 0.739 bits per heavy atom. The number of nitrogen functional groups attached to an aromatic ring is 1. The highest BCUT2D eigenvalue weighted by molar-refractivity contribution is 7.95. The maximum absolute atomic E-state index is 15.3. The minimum absolute atomic E-state index is 0. The number of halogens is 4. The van der Waals surface area contributed by atoms with E-state index in [1.807, 2.05) is 0 Å². The molecule has 0 saturated carbocycles. The number of primary amides is 3. The van der Waals surface area contributed by atoms with Crippen LogP contribution in [0.5, 0.6) is 0 Å². The summed E-state index contributed by atoms with van der Waals surface area (Å²) in [5.41, 5.74) is 33.5. The first-order valence-electron chi connectivity index (χ1n) is 33.1. The molecule has 4 aromatic rings. The fourth-order valence-electron chi connectivity index (χ4n) is 11.0. The summed E-state index contributed by atoms with van der Waals surface area (Å²) in [6.07, 6.45) is -32.7. The van der Waals surface area contributed by atoms with E-state index in [4.69, 9.17) is 67.6 Å². The van der Waals surface area contributed by atoms with Crippen molar-refractivity contribution in [3.63, 3.8) is 0 Å². The van der Waals surface area contributed by atoms with Gasteiger partial charge < -0.3 is 173 Å². The fourth-order valence-corrected chi connectivity index (χ4v) is 13.4. The van der Waals surface area contributed by atoms with Crippen molar-refractivity contribution >= 4 is 124 Å². The average molecular weight is 1720 g/mol. The molecule has 0 radical (unpaired) electrons. The number of hydrogen-bond acceptors (Lipinski definition) is 37. The van der Waals surface area contributed by atoms with Crippen LogP contribution < -0.4 is 78.7 Å². The lowest BCUT2D eigenvalue weighted by Gasteiger charge is -2.47. The van der Waals surface area contributed by atoms with Crippen molar-refractivity contribution in [2.75, 3.05) is 50.3 Å². The average Bonchev–Trinajstić information content (AvgIpc) is 1.30. The lowest BCUT2D eigenvalue weighted by atomic mass is 9.97. The van der Waals surface area contributed by atoms with Crippen LogP contribution in [-0.2, 0) is 68.0 Å². The minimum Gasteiger partial charge on any atom is -1.00 e. The smallest absolute Gasteiger partial charge is 0.404 e. The van der Waals surface area contributed by atoms with Crippen LogP contribution in [0.25, 0.3) is 10.7 Å². The maximum Gasteiger partial charge on any atom is 0.404 e. The number of H-pyrrole nitrogens is 1. The molecular weight excluding hydrogens is 1630 g/mol. The molecule has 8 amide bonds. The second kappa shape index (κ2) is 45.1. The number of carbonyl (C=O) groups excluding carboxylic acids is 8. The number of amides is 8. The molecule has 0 aromatic carbocycles. The standard InChI is InChI=1S/C60H92N18O26S3.4ClH/c1-19-34(75-49(77-47(19)64)24(10-31(62)83)69-12-23(61)48(65)92)51(94)76-36(44(25-13-67-18-70-25)101-59-46(40(88)37(85)29(14-79)100-59)102-58-42(90)45(103-60(66)97)38(86)30(15-80)99-58)53(96)71-20(2)28(82)11-32(84)74-35(21(3)81)52(95)78-54(104-57-41(89)39(87)33(63)22(4)98-57)43(91)56-73-27(17-106-56)55-72-26(16-105-55)50(93)68-8-7-9-107(5)6;;;;/h13,16-18,20-24,28-30,33,35-46,54,57-59,69,79-82,85-91H,7-12,14-15,61,63H2,1-6H3,(H13-,62,64,65,66,67,68,70,71,74,75,76,77,78,83,84,92,93,94,95,96,97);4*1H. The lowest BCUT2D eigenvalue weighted by Crippen LogP contribution is -3.00. The lowest BCUT2D eigenvalue weighted by molar-refractivity contribution is -0.372. The van der Waals surface area contributed by atoms with Crippen LogP contribution in [0.2, 0.25) is 0 Å². The van der Waals surface area contributed by atoms with Crippen molar-refractivity contribution in [2.45, 2.75) is 200 Å². The summed E-state index contributed by atoms with van der Waals surface area (Å²) in [5.74, 6) is -7.32. The Bertz CT molecular complexity index is 3670. The highest BCUT2D eigenvalue weighted by atomic mass is 35.5. The molecule has 3 fully saturated rings. The summed E-state index contributed by atoms with van der Waals surface area (Å²) in [6.45, 7) is 2.91. The summed E-state index contributed by atoms with van der Waals surface area (Å²) >= 11 is 1.92. The van der Waals surface area contributed by atoms with Crippen molar-refractivity contribution < 1.29 is 140 Å². The molecule has 7 rings (SSSR count). The highest BCUT2D eigenvalue weighted by Gasteiger charge is 2.54. The molecular formula is C60H96Cl4N18O26S3. The van der Waals surface area contributed by atoms with E-state index in [1.54, 1.807) is 0 Å². The second-order valence-electron chi connectivity index (χ2n) is 25.6. The van der Waals surface area contributed by atoms with Crippen molar-refractivity contribution in [2.24, 2.45) is 28.7 Å². The first kappa shape index (κ1) is 98.8. The van der Waals surface area contributed by atoms with E-state index >= 15 is 4.79 Å². The number of rotatable bonds is 37. The first-order chi connectivity index (χ1) is 50.4. The van der Waals surface area contributed by atoms with Gasteiger partial charge >= 0.3 is 6.09 Å². The number of anilines is 1. The van der Waals surface area contributed by atoms with Gasteiger partial charge in [0.05, 0.1) is 92.8 Å². The second-order valence-corrected chi connectivity index (χ2v) is 29.7. The SMILES string of the molecule is Cc1c(N)nc(C(CC(N)=O)NCC(N)C(N)=O)nc1C(=O)NC(C(=O)NC(C)C(O)CC(=O)NC(C(=O)NC(OC1OC(C)C(N)C(O)C1O)C(O)c1nc(-c2nc(C(=O)NCCC[S+](C)C)cs2)cs1)C(C)O)C(OC1OC(CO)C(O)C(O)C1OC1OC(CO)C(O)C(OC(N)=O)C1O)c1cnc[nH]1.Cl.Cl.Cl.[Cl-]. The number of aromatic nitrogens is 6.